The fraction of sp³-hybridized carbons (Fsp3) is 0.889. The molecule has 0 aromatic rings. The summed E-state index contributed by atoms with van der Waals surface area (Å²) in [5.41, 5.74) is 5.41. The van der Waals surface area contributed by atoms with E-state index in [1.54, 1.807) is 0 Å². The molecule has 1 fully saturated rings. The number of hydrogen-bond donors (Lipinski definition) is 1. The highest BCUT2D eigenvalue weighted by Crippen LogP contribution is 2.23. The first kappa shape index (κ1) is 9.52. The lowest BCUT2D eigenvalue weighted by molar-refractivity contribution is -0.121. The van der Waals surface area contributed by atoms with E-state index >= 15 is 0 Å². The van der Waals surface area contributed by atoms with Crippen LogP contribution in [-0.4, -0.2) is 29.4 Å². The van der Waals surface area contributed by atoms with E-state index in [0.29, 0.717) is 0 Å². The summed E-state index contributed by atoms with van der Waals surface area (Å²) in [7, 11) is 0. The number of rotatable bonds is 1. The number of hydrogen-bond acceptors (Lipinski definition) is 2. The minimum absolute atomic E-state index is 0.0734. The normalized spacial score (nSPS) is 26.1. The highest BCUT2D eigenvalue weighted by atomic mass is 16.1. The van der Waals surface area contributed by atoms with Crippen molar-refractivity contribution in [2.24, 2.45) is 11.7 Å². The monoisotopic (exact) mass is 170 g/mol. The largest absolute Gasteiger partial charge is 0.369 e. The highest BCUT2D eigenvalue weighted by molar-refractivity contribution is 5.77. The van der Waals surface area contributed by atoms with Crippen LogP contribution < -0.4 is 5.73 Å². The van der Waals surface area contributed by atoms with Crippen molar-refractivity contribution in [2.45, 2.75) is 32.7 Å². The van der Waals surface area contributed by atoms with E-state index in [-0.39, 0.29) is 17.4 Å². The molecular weight excluding hydrogens is 152 g/mol. The van der Waals surface area contributed by atoms with E-state index in [1.165, 1.54) is 0 Å². The van der Waals surface area contributed by atoms with Crippen LogP contribution in [0.25, 0.3) is 0 Å². The van der Waals surface area contributed by atoms with Crippen molar-refractivity contribution in [1.29, 1.82) is 0 Å². The van der Waals surface area contributed by atoms with E-state index in [0.717, 1.165) is 19.5 Å². The highest BCUT2D eigenvalue weighted by Gasteiger charge is 2.32. The summed E-state index contributed by atoms with van der Waals surface area (Å²) in [5, 5.41) is 0. The molecular formula is C9H18N2O. The molecule has 0 saturated carbocycles. The maximum Gasteiger partial charge on any atom is 0.221 e. The Morgan fingerprint density at radius 3 is 2.33 bits per heavy atom. The third-order valence-electron chi connectivity index (χ3n) is 2.54. The van der Waals surface area contributed by atoms with E-state index in [2.05, 4.69) is 25.7 Å². The molecule has 3 heteroatoms. The first-order valence-electron chi connectivity index (χ1n) is 4.45. The predicted octanol–water partition coefficient (Wildman–Crippen LogP) is 0.592. The quantitative estimate of drug-likeness (QED) is 0.626. The van der Waals surface area contributed by atoms with E-state index in [1.807, 2.05) is 0 Å². The number of amides is 1. The molecule has 2 N–H and O–H groups in total. The van der Waals surface area contributed by atoms with Crippen molar-refractivity contribution in [1.82, 2.24) is 4.90 Å². The standard InChI is InChI=1S/C9H18N2O/c1-9(2,3)11-5-4-7(6-11)8(10)12/h7H,4-6H2,1-3H3,(H2,10,12)/t7-/m1/s1. The molecule has 0 bridgehead atoms. The lowest BCUT2D eigenvalue weighted by Crippen LogP contribution is -2.40. The lowest BCUT2D eigenvalue weighted by Gasteiger charge is -2.31. The Hall–Kier alpha value is -0.570. The minimum atomic E-state index is -0.151. The van der Waals surface area contributed by atoms with E-state index in [4.69, 9.17) is 5.73 Å². The van der Waals surface area contributed by atoms with Gasteiger partial charge in [-0.15, -0.1) is 0 Å². The number of likely N-dealkylation sites (tertiary alicyclic amines) is 1. The lowest BCUT2D eigenvalue weighted by atomic mass is 10.1. The molecule has 1 aliphatic heterocycles. The summed E-state index contributed by atoms with van der Waals surface area (Å²) in [5.74, 6) is -0.0778. The van der Waals surface area contributed by atoms with Gasteiger partial charge in [0.2, 0.25) is 5.91 Å². The van der Waals surface area contributed by atoms with Gasteiger partial charge in [0.25, 0.3) is 0 Å². The zero-order chi connectivity index (χ0) is 9.35. The van der Waals surface area contributed by atoms with Crippen LogP contribution in [0.4, 0.5) is 0 Å². The molecule has 70 valence electrons. The molecule has 1 heterocycles. The van der Waals surface area contributed by atoms with Crippen molar-refractivity contribution < 1.29 is 4.79 Å². The van der Waals surface area contributed by atoms with Crippen LogP contribution in [0.5, 0.6) is 0 Å². The average molecular weight is 170 g/mol. The van der Waals surface area contributed by atoms with Gasteiger partial charge >= 0.3 is 0 Å². The molecule has 1 saturated heterocycles. The summed E-state index contributed by atoms with van der Waals surface area (Å²) in [6, 6.07) is 0. The van der Waals surface area contributed by atoms with Crippen molar-refractivity contribution >= 4 is 5.91 Å². The summed E-state index contributed by atoms with van der Waals surface area (Å²) in [4.78, 5) is 13.2. The van der Waals surface area contributed by atoms with Crippen LogP contribution in [0.3, 0.4) is 0 Å². The number of nitrogens with zero attached hydrogens (tertiary/aromatic N) is 1. The van der Waals surface area contributed by atoms with Crippen LogP contribution in [0.2, 0.25) is 0 Å². The summed E-state index contributed by atoms with van der Waals surface area (Å²) >= 11 is 0. The molecule has 0 aliphatic carbocycles. The van der Waals surface area contributed by atoms with Crippen molar-refractivity contribution in [2.75, 3.05) is 13.1 Å². The zero-order valence-electron chi connectivity index (χ0n) is 8.13. The molecule has 0 aromatic heterocycles. The van der Waals surface area contributed by atoms with Gasteiger partial charge in [0.05, 0.1) is 5.92 Å². The molecule has 1 aliphatic rings. The fourth-order valence-electron chi connectivity index (χ4n) is 1.60. The number of primary amides is 1. The third kappa shape index (κ3) is 1.97. The molecule has 12 heavy (non-hydrogen) atoms. The molecule has 1 atom stereocenters. The molecule has 1 amide bonds. The summed E-state index contributed by atoms with van der Waals surface area (Å²) < 4.78 is 0. The Morgan fingerprint density at radius 2 is 2.08 bits per heavy atom. The fourth-order valence-corrected chi connectivity index (χ4v) is 1.60. The second-order valence-corrected chi connectivity index (χ2v) is 4.50. The van der Waals surface area contributed by atoms with Crippen molar-refractivity contribution in [3.8, 4) is 0 Å². The molecule has 0 unspecified atom stereocenters. The number of nitrogens with two attached hydrogens (primary N) is 1. The predicted molar refractivity (Wildman–Crippen MR) is 48.6 cm³/mol. The van der Waals surface area contributed by atoms with Crippen LogP contribution in [0.1, 0.15) is 27.2 Å². The van der Waals surface area contributed by atoms with Crippen molar-refractivity contribution in [3.63, 3.8) is 0 Å². The summed E-state index contributed by atoms with van der Waals surface area (Å²) in [6.45, 7) is 8.32. The van der Waals surface area contributed by atoms with E-state index < -0.39 is 0 Å². The maximum absolute atomic E-state index is 10.9. The van der Waals surface area contributed by atoms with Gasteiger partial charge in [0.1, 0.15) is 0 Å². The van der Waals surface area contributed by atoms with E-state index in [9.17, 15) is 4.79 Å². The van der Waals surface area contributed by atoms with Crippen LogP contribution >= 0.6 is 0 Å². The van der Waals surface area contributed by atoms with Crippen molar-refractivity contribution in [3.05, 3.63) is 0 Å². The Kier molecular flexibility index (Phi) is 2.42. The van der Waals surface area contributed by atoms with Gasteiger partial charge in [-0.2, -0.15) is 0 Å². The van der Waals surface area contributed by atoms with Crippen LogP contribution in [-0.2, 0) is 4.79 Å². The zero-order valence-corrected chi connectivity index (χ0v) is 8.13. The van der Waals surface area contributed by atoms with Crippen LogP contribution in [0, 0.1) is 5.92 Å². The Labute approximate surface area is 73.9 Å². The minimum Gasteiger partial charge on any atom is -0.369 e. The maximum atomic E-state index is 10.9. The smallest absolute Gasteiger partial charge is 0.221 e. The molecule has 0 radical (unpaired) electrons. The van der Waals surface area contributed by atoms with Gasteiger partial charge in [0, 0.05) is 12.1 Å². The molecule has 0 spiro atoms. The van der Waals surface area contributed by atoms with Gasteiger partial charge < -0.3 is 5.73 Å². The first-order valence-corrected chi connectivity index (χ1v) is 4.45. The van der Waals surface area contributed by atoms with Gasteiger partial charge in [0.15, 0.2) is 0 Å². The topological polar surface area (TPSA) is 46.3 Å². The second-order valence-electron chi connectivity index (χ2n) is 4.50. The Morgan fingerprint density at radius 1 is 1.50 bits per heavy atom. The molecule has 0 aromatic carbocycles. The van der Waals surface area contributed by atoms with Crippen LogP contribution in [0.15, 0.2) is 0 Å². The number of carbonyl (C=O) groups excluding carboxylic acids is 1. The summed E-state index contributed by atoms with van der Waals surface area (Å²) in [6.07, 6.45) is 0.923. The Balaban J connectivity index is 2.51. The van der Waals surface area contributed by atoms with Gasteiger partial charge in [-0.25, -0.2) is 0 Å². The first-order chi connectivity index (χ1) is 5.41. The third-order valence-corrected chi connectivity index (χ3v) is 2.54. The van der Waals surface area contributed by atoms with Gasteiger partial charge in [-0.05, 0) is 33.7 Å². The molecule has 1 rings (SSSR count). The Bertz CT molecular complexity index is 183. The number of carbonyl (C=O) groups is 1. The molecule has 3 nitrogen and oxygen atoms in total. The van der Waals surface area contributed by atoms with Gasteiger partial charge in [-0.1, -0.05) is 0 Å². The van der Waals surface area contributed by atoms with Gasteiger partial charge in [-0.3, -0.25) is 9.69 Å². The SMILES string of the molecule is CC(C)(C)N1CC[C@@H](C(N)=O)C1. The second kappa shape index (κ2) is 3.05. The average Bonchev–Trinajstić information content (AvgIpc) is 2.30.